The number of benzene rings is 4. The van der Waals surface area contributed by atoms with Crippen molar-refractivity contribution < 1.29 is 51.1 Å². The van der Waals surface area contributed by atoms with E-state index in [0.717, 1.165) is 36.3 Å². The van der Waals surface area contributed by atoms with Crippen molar-refractivity contribution in [3.8, 4) is 0 Å². The number of allylic oxidation sites excluding steroid dienone is 8. The fourth-order valence-electron chi connectivity index (χ4n) is 9.29. The predicted molar refractivity (Wildman–Crippen MR) is 256 cm³/mol. The summed E-state index contributed by atoms with van der Waals surface area (Å²) in [6.45, 7) is 11.7. The lowest BCUT2D eigenvalue weighted by molar-refractivity contribution is -0.441. The Labute approximate surface area is 384 Å². The molecule has 348 valence electrons. The molecule has 1 N–H and O–H groups in total. The molecular weight excluding hydrogens is 845 g/mol. The minimum Gasteiger partial charge on any atom is -0.744 e. The van der Waals surface area contributed by atoms with Crippen LogP contribution in [0.1, 0.15) is 64.0 Å². The van der Waals surface area contributed by atoms with Crippen molar-refractivity contribution in [3.05, 3.63) is 126 Å². The number of fused-ring (bicyclic) bond motifs is 6. The molecule has 0 aromatic heterocycles. The quantitative estimate of drug-likeness (QED) is 0.0279. The van der Waals surface area contributed by atoms with Crippen molar-refractivity contribution in [1.82, 2.24) is 0 Å². The zero-order valence-corrected chi connectivity index (χ0v) is 39.2. The Hall–Kier alpha value is -4.99. The second kappa shape index (κ2) is 23.0. The summed E-state index contributed by atoms with van der Waals surface area (Å²) >= 11 is 0. The van der Waals surface area contributed by atoms with Crippen molar-refractivity contribution in [2.75, 3.05) is 85.1 Å². The summed E-state index contributed by atoms with van der Waals surface area (Å²) in [5.41, 5.74) is 5.61. The van der Waals surface area contributed by atoms with Crippen LogP contribution in [0.25, 0.3) is 21.5 Å². The molecule has 0 saturated heterocycles. The van der Waals surface area contributed by atoms with Crippen molar-refractivity contribution >= 4 is 54.7 Å². The molecule has 0 saturated carbocycles. The standard InChI is InChI=1S/C52H64N2O10S/c1-51(2)46(54(30-32-60-4)43-26-24-39-17-13-14-18-40(39)49(43)51)21-10-7-6-8-11-22-47-52(3,28-31-62-35-36-64-38-37-63-34-33-61-5)50-42-19-16-20-45(65(57,58)59)41(42)25-27-44(50)53(47)29-15-9-12-23-48(55)56/h6-8,10-11,13-14,16-22,24-27H,9,12,15,23,28-38H2,1-5H3,(H-,55,56,57,58,59). The summed E-state index contributed by atoms with van der Waals surface area (Å²) in [4.78, 5) is 13.3. The van der Waals surface area contributed by atoms with Gasteiger partial charge in [0.05, 0.1) is 50.0 Å². The lowest BCUT2D eigenvalue weighted by atomic mass is 9.76. The largest absolute Gasteiger partial charge is 0.744 e. The SMILES string of the molecule is COCCOCCOCCOCCC1(C)\C(=C/C=C/C=C/C=C/C2=[N+](CCOC)c3ccc4ccccc4c3C2(C)C)N(CCCCCC(=O)O)c2ccc3c(S(=O)(=O)[O-])cccc3c21. The number of hydrogen-bond acceptors (Lipinski definition) is 10. The molecule has 0 amide bonds. The summed E-state index contributed by atoms with van der Waals surface area (Å²) in [5, 5.41) is 12.8. The van der Waals surface area contributed by atoms with Gasteiger partial charge in [0, 0.05) is 68.3 Å². The highest BCUT2D eigenvalue weighted by Crippen LogP contribution is 2.53. The van der Waals surface area contributed by atoms with Gasteiger partial charge in [0.15, 0.2) is 12.3 Å². The number of anilines is 1. The van der Waals surface area contributed by atoms with Crippen LogP contribution in [0.15, 0.2) is 120 Å². The van der Waals surface area contributed by atoms with Crippen LogP contribution >= 0.6 is 0 Å². The van der Waals surface area contributed by atoms with Gasteiger partial charge in [-0.1, -0.05) is 79.3 Å². The first-order valence-corrected chi connectivity index (χ1v) is 23.9. The van der Waals surface area contributed by atoms with E-state index in [-0.39, 0.29) is 16.7 Å². The lowest BCUT2D eigenvalue weighted by Crippen LogP contribution is -2.30. The summed E-state index contributed by atoms with van der Waals surface area (Å²) in [7, 11) is -1.40. The average Bonchev–Trinajstić information content (AvgIpc) is 3.65. The molecule has 6 rings (SSSR count). The number of hydrogen-bond donors (Lipinski definition) is 1. The van der Waals surface area contributed by atoms with E-state index in [1.165, 1.54) is 33.8 Å². The molecule has 0 aliphatic carbocycles. The van der Waals surface area contributed by atoms with Gasteiger partial charge in [0.25, 0.3) is 0 Å². The highest BCUT2D eigenvalue weighted by molar-refractivity contribution is 7.86. The van der Waals surface area contributed by atoms with Crippen LogP contribution in [0.3, 0.4) is 0 Å². The molecule has 4 aromatic rings. The summed E-state index contributed by atoms with van der Waals surface area (Å²) in [6.07, 6.45) is 17.1. The highest BCUT2D eigenvalue weighted by atomic mass is 32.2. The van der Waals surface area contributed by atoms with E-state index in [1.807, 2.05) is 36.4 Å². The molecule has 0 spiro atoms. The molecule has 1 atom stereocenters. The van der Waals surface area contributed by atoms with E-state index >= 15 is 0 Å². The number of unbranched alkanes of at least 4 members (excludes halogenated alkanes) is 2. The van der Waals surface area contributed by atoms with E-state index in [2.05, 4.69) is 84.9 Å². The summed E-state index contributed by atoms with van der Waals surface area (Å²) in [6, 6.07) is 21.4. The van der Waals surface area contributed by atoms with Crippen molar-refractivity contribution in [3.63, 3.8) is 0 Å². The van der Waals surface area contributed by atoms with Crippen LogP contribution in [-0.4, -0.2) is 114 Å². The van der Waals surface area contributed by atoms with Crippen LogP contribution in [-0.2, 0) is 49.4 Å². The van der Waals surface area contributed by atoms with Gasteiger partial charge in [-0.15, -0.1) is 0 Å². The smallest absolute Gasteiger partial charge is 0.303 e. The third-order valence-electron chi connectivity index (χ3n) is 12.4. The first-order valence-electron chi connectivity index (χ1n) is 22.5. The highest BCUT2D eigenvalue weighted by Gasteiger charge is 2.46. The van der Waals surface area contributed by atoms with E-state index in [0.29, 0.717) is 83.0 Å². The summed E-state index contributed by atoms with van der Waals surface area (Å²) in [5.74, 6) is -0.818. The third kappa shape index (κ3) is 11.7. The van der Waals surface area contributed by atoms with Gasteiger partial charge in [-0.3, -0.25) is 4.79 Å². The van der Waals surface area contributed by atoms with Gasteiger partial charge in [0.2, 0.25) is 5.69 Å². The van der Waals surface area contributed by atoms with Crippen LogP contribution in [0.4, 0.5) is 11.4 Å². The van der Waals surface area contributed by atoms with E-state index < -0.39 is 21.5 Å². The number of carboxylic acids is 1. The van der Waals surface area contributed by atoms with E-state index in [9.17, 15) is 22.9 Å². The Balaban J connectivity index is 1.28. The molecule has 4 aromatic carbocycles. The number of carbonyl (C=O) groups is 1. The Morgan fingerprint density at radius 1 is 0.723 bits per heavy atom. The Morgan fingerprint density at radius 2 is 1.40 bits per heavy atom. The second-order valence-corrected chi connectivity index (χ2v) is 18.4. The normalized spacial score (nSPS) is 17.9. The average molecular weight is 909 g/mol. The molecular formula is C52H64N2O10S. The third-order valence-corrected chi connectivity index (χ3v) is 13.3. The van der Waals surface area contributed by atoms with Crippen molar-refractivity contribution in [1.29, 1.82) is 0 Å². The second-order valence-electron chi connectivity index (χ2n) is 17.0. The van der Waals surface area contributed by atoms with Gasteiger partial charge < -0.3 is 38.2 Å². The molecule has 12 nitrogen and oxygen atoms in total. The molecule has 13 heteroatoms. The number of methoxy groups -OCH3 is 2. The minimum absolute atomic E-state index is 0.102. The lowest BCUT2D eigenvalue weighted by Gasteiger charge is -2.31. The van der Waals surface area contributed by atoms with Crippen LogP contribution in [0.2, 0.25) is 0 Å². The molecule has 2 aliphatic heterocycles. The minimum atomic E-state index is -4.76. The maximum Gasteiger partial charge on any atom is 0.303 e. The van der Waals surface area contributed by atoms with Crippen LogP contribution < -0.4 is 4.90 Å². The van der Waals surface area contributed by atoms with Crippen molar-refractivity contribution in [2.45, 2.75) is 68.6 Å². The topological polar surface area (TPSA) is 147 Å². The van der Waals surface area contributed by atoms with Crippen molar-refractivity contribution in [2.24, 2.45) is 0 Å². The Kier molecular flexibility index (Phi) is 17.5. The number of rotatable bonds is 26. The van der Waals surface area contributed by atoms with E-state index in [4.69, 9.17) is 23.7 Å². The maximum atomic E-state index is 12.5. The number of aliphatic carboxylic acids is 1. The van der Waals surface area contributed by atoms with E-state index in [1.54, 1.807) is 26.4 Å². The Bertz CT molecular complexity index is 2560. The maximum absolute atomic E-state index is 12.5. The Morgan fingerprint density at radius 3 is 2.12 bits per heavy atom. The first kappa shape index (κ1) is 49.4. The first-order chi connectivity index (χ1) is 31.3. The van der Waals surface area contributed by atoms with Gasteiger partial charge in [-0.25, -0.2) is 8.42 Å². The van der Waals surface area contributed by atoms with Crippen LogP contribution in [0.5, 0.6) is 0 Å². The summed E-state index contributed by atoms with van der Waals surface area (Å²) < 4.78 is 67.7. The molecule has 65 heavy (non-hydrogen) atoms. The predicted octanol–water partition coefficient (Wildman–Crippen LogP) is 8.98. The molecule has 0 bridgehead atoms. The van der Waals surface area contributed by atoms with Gasteiger partial charge in [0.1, 0.15) is 16.7 Å². The molecule has 1 unspecified atom stereocenters. The number of carboxylic acid groups (broad SMARTS) is 1. The van der Waals surface area contributed by atoms with Crippen LogP contribution in [0, 0.1) is 0 Å². The number of nitrogens with zero attached hydrogens (tertiary/aromatic N) is 2. The monoisotopic (exact) mass is 908 g/mol. The fraction of sp³-hybridized carbons (Fsp3) is 0.423. The zero-order valence-electron chi connectivity index (χ0n) is 38.4. The molecule has 2 heterocycles. The molecule has 0 radical (unpaired) electrons. The van der Waals surface area contributed by atoms with Gasteiger partial charge in [-0.2, -0.15) is 4.58 Å². The molecule has 2 aliphatic rings. The van der Waals surface area contributed by atoms with Gasteiger partial charge >= 0.3 is 5.97 Å². The zero-order chi connectivity index (χ0) is 46.5. The number of ether oxygens (including phenoxy) is 5. The fourth-order valence-corrected chi connectivity index (χ4v) is 9.98. The molecule has 0 fully saturated rings. The van der Waals surface area contributed by atoms with Gasteiger partial charge in [-0.05, 0) is 91.4 Å².